The Kier molecular flexibility index (Phi) is 5.05. The van der Waals surface area contributed by atoms with Crippen molar-refractivity contribution < 1.29 is 18.8 Å². The summed E-state index contributed by atoms with van der Waals surface area (Å²) in [4.78, 5) is 43.5. The van der Waals surface area contributed by atoms with Crippen molar-refractivity contribution in [1.82, 2.24) is 30.2 Å². The number of halogens is 1. The second-order valence-corrected chi connectivity index (χ2v) is 8.31. The van der Waals surface area contributed by atoms with Gasteiger partial charge in [0.25, 0.3) is 5.91 Å². The molecule has 0 atom stereocenters. The molecule has 1 aromatic carbocycles. The fraction of sp³-hybridized carbons (Fsp3) is 0.217. The summed E-state index contributed by atoms with van der Waals surface area (Å²) in [5, 5.41) is 7.95. The van der Waals surface area contributed by atoms with Crippen LogP contribution in [0.4, 0.5) is 10.2 Å². The predicted molar refractivity (Wildman–Crippen MR) is 120 cm³/mol. The average Bonchev–Trinajstić information content (AvgIpc) is 3.29. The minimum atomic E-state index is -1.03. The zero-order valence-electron chi connectivity index (χ0n) is 18.6. The number of anilines is 1. The molecule has 3 aromatic heterocycles. The van der Waals surface area contributed by atoms with Gasteiger partial charge in [-0.25, -0.2) is 29.5 Å². The number of benzene rings is 1. The summed E-state index contributed by atoms with van der Waals surface area (Å²) in [6.45, 7) is 3.50. The van der Waals surface area contributed by atoms with Gasteiger partial charge < -0.3 is 5.32 Å². The van der Waals surface area contributed by atoms with Gasteiger partial charge in [-0.2, -0.15) is 5.10 Å². The third kappa shape index (κ3) is 3.37. The highest BCUT2D eigenvalue weighted by Crippen LogP contribution is 2.39. The fourth-order valence-electron chi connectivity index (χ4n) is 4.00. The number of hydrogen-bond donors (Lipinski definition) is 2. The molecule has 10 nitrogen and oxygen atoms in total. The maximum Gasteiger partial charge on any atom is 0.293 e. The molecular weight excluding hydrogens is 441 g/mol. The van der Waals surface area contributed by atoms with E-state index < -0.39 is 11.3 Å². The molecule has 0 saturated carbocycles. The highest BCUT2D eigenvalue weighted by molar-refractivity contribution is 6.09. The lowest BCUT2D eigenvalue weighted by Crippen LogP contribution is -2.31. The molecule has 2 amide bonds. The molecule has 11 heteroatoms. The number of pyridine rings is 1. The first-order valence-electron chi connectivity index (χ1n) is 10.4. The Balaban J connectivity index is 1.70. The third-order valence-corrected chi connectivity index (χ3v) is 5.74. The first kappa shape index (κ1) is 21.6. The highest BCUT2D eigenvalue weighted by atomic mass is 19.1. The first-order chi connectivity index (χ1) is 16.3. The summed E-state index contributed by atoms with van der Waals surface area (Å²) in [6, 6.07) is 9.93. The lowest BCUT2D eigenvalue weighted by atomic mass is 9.85. The molecule has 34 heavy (non-hydrogen) atoms. The van der Waals surface area contributed by atoms with Crippen molar-refractivity contribution >= 4 is 28.7 Å². The predicted octanol–water partition coefficient (Wildman–Crippen LogP) is 2.60. The number of hydrogen-bond acceptors (Lipinski definition) is 7. The van der Waals surface area contributed by atoms with Crippen molar-refractivity contribution in [3.05, 3.63) is 65.2 Å². The van der Waals surface area contributed by atoms with E-state index in [2.05, 4.69) is 30.8 Å². The van der Waals surface area contributed by atoms with Crippen LogP contribution in [-0.4, -0.2) is 43.7 Å². The zero-order valence-corrected chi connectivity index (χ0v) is 18.6. The molecule has 0 fully saturated rings. The molecule has 0 spiro atoms. The zero-order chi connectivity index (χ0) is 24.0. The summed E-state index contributed by atoms with van der Waals surface area (Å²) in [6.07, 6.45) is 1.61. The Hall–Kier alpha value is -4.25. The fourth-order valence-corrected chi connectivity index (χ4v) is 4.00. The number of nitrogens with zero attached hydrogens (tertiary/aromatic N) is 5. The SMILES string of the molecule is CONC(=O)c1nc(-c2nn(Cc3ccccc3F)c3ncccc23)nc2c1C(C)(C)C(=O)N2. The number of rotatable bonds is 5. The van der Waals surface area contributed by atoms with Crippen LogP contribution in [0.2, 0.25) is 0 Å². The topological polar surface area (TPSA) is 124 Å². The molecular formula is C23H20FN7O3. The van der Waals surface area contributed by atoms with Crippen LogP contribution in [0.5, 0.6) is 0 Å². The molecule has 4 heterocycles. The Morgan fingerprint density at radius 3 is 2.76 bits per heavy atom. The van der Waals surface area contributed by atoms with E-state index in [0.29, 0.717) is 27.9 Å². The maximum atomic E-state index is 14.3. The van der Waals surface area contributed by atoms with Crippen LogP contribution in [0.3, 0.4) is 0 Å². The van der Waals surface area contributed by atoms with E-state index in [-0.39, 0.29) is 35.6 Å². The Morgan fingerprint density at radius 2 is 2.00 bits per heavy atom. The van der Waals surface area contributed by atoms with Gasteiger partial charge >= 0.3 is 0 Å². The van der Waals surface area contributed by atoms with Gasteiger partial charge in [-0.15, -0.1) is 0 Å². The lowest BCUT2D eigenvalue weighted by molar-refractivity contribution is -0.119. The first-order valence-corrected chi connectivity index (χ1v) is 10.4. The molecule has 2 N–H and O–H groups in total. The normalized spacial score (nSPS) is 14.2. The largest absolute Gasteiger partial charge is 0.310 e. The monoisotopic (exact) mass is 461 g/mol. The summed E-state index contributed by atoms with van der Waals surface area (Å²) >= 11 is 0. The van der Waals surface area contributed by atoms with Gasteiger partial charge in [-0.3, -0.25) is 14.4 Å². The summed E-state index contributed by atoms with van der Waals surface area (Å²) in [5.74, 6) is -0.955. The number of aromatic nitrogens is 5. The van der Waals surface area contributed by atoms with Crippen LogP contribution in [0.1, 0.15) is 35.5 Å². The van der Waals surface area contributed by atoms with Gasteiger partial charge in [-0.1, -0.05) is 18.2 Å². The van der Waals surface area contributed by atoms with E-state index in [0.717, 1.165) is 0 Å². The van der Waals surface area contributed by atoms with E-state index in [4.69, 9.17) is 4.84 Å². The van der Waals surface area contributed by atoms with Gasteiger partial charge in [0.15, 0.2) is 11.5 Å². The molecule has 0 bridgehead atoms. The van der Waals surface area contributed by atoms with E-state index >= 15 is 0 Å². The maximum absolute atomic E-state index is 14.3. The van der Waals surface area contributed by atoms with Crippen LogP contribution in [0, 0.1) is 5.82 Å². The van der Waals surface area contributed by atoms with E-state index in [1.165, 1.54) is 13.2 Å². The number of hydroxylamine groups is 1. The second kappa shape index (κ2) is 7.96. The standard InChI is InChI=1S/C23H20FN7O3/c1-23(2)15-17(21(32)30-34-3)26-19(27-18(15)28-22(23)33)16-13-8-6-10-25-20(13)31(29-16)11-12-7-4-5-9-14(12)24/h4-10H,11H2,1-3H3,(H,30,32)(H,26,27,28,33). The van der Waals surface area contributed by atoms with Crippen molar-refractivity contribution in [2.24, 2.45) is 0 Å². The number of amides is 2. The van der Waals surface area contributed by atoms with E-state index in [9.17, 15) is 14.0 Å². The van der Waals surface area contributed by atoms with Gasteiger partial charge in [0.1, 0.15) is 23.0 Å². The summed E-state index contributed by atoms with van der Waals surface area (Å²) in [7, 11) is 1.30. The van der Waals surface area contributed by atoms with Crippen molar-refractivity contribution in [3.63, 3.8) is 0 Å². The number of carbonyl (C=O) groups excluding carboxylic acids is 2. The molecule has 0 saturated heterocycles. The second-order valence-electron chi connectivity index (χ2n) is 8.31. The van der Waals surface area contributed by atoms with Crippen LogP contribution >= 0.6 is 0 Å². The average molecular weight is 461 g/mol. The van der Waals surface area contributed by atoms with Crippen molar-refractivity contribution in [1.29, 1.82) is 0 Å². The quantitative estimate of drug-likeness (QED) is 0.438. The van der Waals surface area contributed by atoms with Crippen LogP contribution < -0.4 is 10.8 Å². The van der Waals surface area contributed by atoms with Crippen molar-refractivity contribution in [3.8, 4) is 11.5 Å². The van der Waals surface area contributed by atoms with E-state index in [1.807, 2.05) is 0 Å². The van der Waals surface area contributed by atoms with Crippen molar-refractivity contribution in [2.45, 2.75) is 25.8 Å². The van der Waals surface area contributed by atoms with Crippen LogP contribution in [-0.2, 0) is 21.6 Å². The molecule has 0 aliphatic carbocycles. The Labute approximate surface area is 193 Å². The highest BCUT2D eigenvalue weighted by Gasteiger charge is 2.44. The lowest BCUT2D eigenvalue weighted by Gasteiger charge is -2.17. The minimum absolute atomic E-state index is 0.00843. The Morgan fingerprint density at radius 1 is 1.21 bits per heavy atom. The number of carbonyl (C=O) groups is 2. The van der Waals surface area contributed by atoms with Crippen LogP contribution in [0.25, 0.3) is 22.6 Å². The summed E-state index contributed by atoms with van der Waals surface area (Å²) in [5.41, 5.74) is 2.86. The van der Waals surface area contributed by atoms with Gasteiger partial charge in [0.2, 0.25) is 5.91 Å². The van der Waals surface area contributed by atoms with Gasteiger partial charge in [0, 0.05) is 17.3 Å². The minimum Gasteiger partial charge on any atom is -0.310 e. The van der Waals surface area contributed by atoms with Crippen LogP contribution in [0.15, 0.2) is 42.6 Å². The molecule has 1 aliphatic heterocycles. The molecule has 172 valence electrons. The van der Waals surface area contributed by atoms with Crippen molar-refractivity contribution in [2.75, 3.05) is 12.4 Å². The number of nitrogens with one attached hydrogen (secondary N) is 2. The molecule has 0 unspecified atom stereocenters. The smallest absolute Gasteiger partial charge is 0.293 e. The number of fused-ring (bicyclic) bond motifs is 2. The van der Waals surface area contributed by atoms with Gasteiger partial charge in [0.05, 0.1) is 24.5 Å². The van der Waals surface area contributed by atoms with Gasteiger partial charge in [-0.05, 0) is 32.0 Å². The molecule has 5 rings (SSSR count). The molecule has 1 aliphatic rings. The third-order valence-electron chi connectivity index (χ3n) is 5.74. The van der Waals surface area contributed by atoms with E-state index in [1.54, 1.807) is 55.1 Å². The Bertz CT molecular complexity index is 1460. The molecule has 4 aromatic rings. The summed E-state index contributed by atoms with van der Waals surface area (Å²) < 4.78 is 15.8. The molecule has 0 radical (unpaired) electrons.